The fraction of sp³-hybridized carbons (Fsp3) is 0. The molecule has 0 radical (unpaired) electrons. The zero-order valence-electron chi connectivity index (χ0n) is 17.2. The van der Waals surface area contributed by atoms with Gasteiger partial charge in [0.15, 0.2) is 11.6 Å². The zero-order valence-corrected chi connectivity index (χ0v) is 17.2. The van der Waals surface area contributed by atoms with Gasteiger partial charge in [0.1, 0.15) is 28.7 Å². The first kappa shape index (κ1) is 22.9. The lowest BCUT2D eigenvalue weighted by atomic mass is 10.0. The van der Waals surface area contributed by atoms with Crippen LogP contribution in [-0.4, -0.2) is 37.1 Å². The number of ketones is 2. The van der Waals surface area contributed by atoms with E-state index >= 15 is 0 Å². The highest BCUT2D eigenvalue weighted by Gasteiger charge is 2.17. The summed E-state index contributed by atoms with van der Waals surface area (Å²) < 4.78 is 0. The summed E-state index contributed by atoms with van der Waals surface area (Å²) in [6.07, 6.45) is 0. The normalized spacial score (nSPS) is 10.1. The molecule has 0 atom stereocenters. The second kappa shape index (κ2) is 10.0. The van der Waals surface area contributed by atoms with Crippen molar-refractivity contribution in [1.29, 1.82) is 0 Å². The maximum atomic E-state index is 12.0. The topological polar surface area (TPSA) is 135 Å². The van der Waals surface area contributed by atoms with E-state index < -0.39 is 5.78 Å². The van der Waals surface area contributed by atoms with Gasteiger partial charge in [-0.2, -0.15) is 0 Å². The maximum absolute atomic E-state index is 12.0. The van der Waals surface area contributed by atoms with E-state index in [-0.39, 0.29) is 45.7 Å². The number of benzene rings is 4. The van der Waals surface area contributed by atoms with E-state index in [1.165, 1.54) is 30.3 Å². The lowest BCUT2D eigenvalue weighted by molar-refractivity contribution is 0.102. The van der Waals surface area contributed by atoms with Gasteiger partial charge in [-0.1, -0.05) is 42.5 Å². The molecule has 0 fully saturated rings. The van der Waals surface area contributed by atoms with Crippen molar-refractivity contribution in [3.63, 3.8) is 0 Å². The third-order valence-electron chi connectivity index (χ3n) is 4.64. The molecule has 7 nitrogen and oxygen atoms in total. The Kier molecular flexibility index (Phi) is 6.95. The van der Waals surface area contributed by atoms with Gasteiger partial charge >= 0.3 is 0 Å². The molecule has 4 rings (SSSR count). The Hall–Kier alpha value is -4.78. The summed E-state index contributed by atoms with van der Waals surface area (Å²) >= 11 is 0. The van der Waals surface area contributed by atoms with Crippen molar-refractivity contribution in [2.45, 2.75) is 0 Å². The molecule has 0 unspecified atom stereocenters. The molecular weight excluding hydrogens is 424 g/mol. The van der Waals surface area contributed by atoms with Crippen LogP contribution < -0.4 is 0 Å². The maximum Gasteiger partial charge on any atom is 0.200 e. The minimum Gasteiger partial charge on any atom is -0.508 e. The van der Waals surface area contributed by atoms with Gasteiger partial charge in [-0.25, -0.2) is 0 Å². The molecule has 0 heterocycles. The largest absolute Gasteiger partial charge is 0.508 e. The van der Waals surface area contributed by atoms with E-state index in [0.717, 1.165) is 12.1 Å². The minimum absolute atomic E-state index is 0.0198. The number of carbonyl (C=O) groups excluding carboxylic acids is 2. The summed E-state index contributed by atoms with van der Waals surface area (Å²) in [6, 6.07) is 22.5. The Bertz CT molecular complexity index is 1240. The quantitative estimate of drug-likeness (QED) is 0.295. The van der Waals surface area contributed by atoms with E-state index in [4.69, 9.17) is 10.2 Å². The molecule has 7 heteroatoms. The smallest absolute Gasteiger partial charge is 0.200 e. The van der Waals surface area contributed by atoms with Crippen molar-refractivity contribution in [2.75, 3.05) is 0 Å². The zero-order chi connectivity index (χ0) is 24.0. The van der Waals surface area contributed by atoms with E-state index in [1.54, 1.807) is 42.5 Å². The van der Waals surface area contributed by atoms with Crippen LogP contribution in [0.3, 0.4) is 0 Å². The lowest BCUT2D eigenvalue weighted by Crippen LogP contribution is -2.01. The second-order valence-electron chi connectivity index (χ2n) is 6.94. The molecule has 166 valence electrons. The number of phenols is 5. The summed E-state index contributed by atoms with van der Waals surface area (Å²) in [5.41, 5.74) is 0.824. The number of para-hydroxylation sites is 1. The number of carbonyl (C=O) groups is 2. The lowest BCUT2D eigenvalue weighted by Gasteiger charge is -2.06. The fourth-order valence-electron chi connectivity index (χ4n) is 2.98. The molecule has 33 heavy (non-hydrogen) atoms. The Morgan fingerprint density at radius 1 is 0.455 bits per heavy atom. The van der Waals surface area contributed by atoms with Crippen LogP contribution >= 0.6 is 0 Å². The third-order valence-corrected chi connectivity index (χ3v) is 4.64. The van der Waals surface area contributed by atoms with Crippen molar-refractivity contribution in [3.8, 4) is 28.7 Å². The monoisotopic (exact) mass is 444 g/mol. The van der Waals surface area contributed by atoms with Gasteiger partial charge in [0.2, 0.25) is 0 Å². The van der Waals surface area contributed by atoms with E-state index in [9.17, 15) is 24.9 Å². The fourth-order valence-corrected chi connectivity index (χ4v) is 2.98. The second-order valence-corrected chi connectivity index (χ2v) is 6.94. The molecule has 5 N–H and O–H groups in total. The van der Waals surface area contributed by atoms with Crippen LogP contribution in [0.1, 0.15) is 31.8 Å². The molecule has 0 aliphatic heterocycles. The number of rotatable bonds is 4. The molecule has 0 saturated heterocycles. The van der Waals surface area contributed by atoms with Crippen molar-refractivity contribution in [1.82, 2.24) is 0 Å². The van der Waals surface area contributed by atoms with E-state index in [1.807, 2.05) is 6.07 Å². The van der Waals surface area contributed by atoms with E-state index in [0.29, 0.717) is 11.1 Å². The first-order valence-corrected chi connectivity index (χ1v) is 9.74. The van der Waals surface area contributed by atoms with Crippen LogP contribution in [0.25, 0.3) is 0 Å². The molecule has 0 bridgehead atoms. The van der Waals surface area contributed by atoms with Crippen LogP contribution in [0.2, 0.25) is 0 Å². The molecule has 0 aliphatic rings. The van der Waals surface area contributed by atoms with Gasteiger partial charge in [0.25, 0.3) is 0 Å². The molecule has 0 aromatic heterocycles. The SMILES string of the molecule is O=C(c1ccc(O)cc1O)c1ccc(O)cc1O.O=C(c1ccccc1)c1ccccc1O. The molecule has 0 aliphatic carbocycles. The molecule has 0 spiro atoms. The summed E-state index contributed by atoms with van der Waals surface area (Å²) in [7, 11) is 0. The third kappa shape index (κ3) is 5.48. The first-order chi connectivity index (χ1) is 15.8. The van der Waals surface area contributed by atoms with Crippen molar-refractivity contribution in [3.05, 3.63) is 113 Å². The van der Waals surface area contributed by atoms with Crippen LogP contribution in [-0.2, 0) is 0 Å². The average molecular weight is 444 g/mol. The summed E-state index contributed by atoms with van der Waals surface area (Å²) in [5.74, 6) is -1.84. The molecular formula is C26H20O7. The first-order valence-electron chi connectivity index (χ1n) is 9.74. The van der Waals surface area contributed by atoms with Gasteiger partial charge in [0.05, 0.1) is 16.7 Å². The van der Waals surface area contributed by atoms with Gasteiger partial charge in [-0.15, -0.1) is 0 Å². The number of phenolic OH excluding ortho intramolecular Hbond substituents is 5. The van der Waals surface area contributed by atoms with Crippen molar-refractivity contribution in [2.24, 2.45) is 0 Å². The molecule has 4 aromatic rings. The minimum atomic E-state index is -0.606. The Morgan fingerprint density at radius 3 is 1.39 bits per heavy atom. The van der Waals surface area contributed by atoms with Crippen molar-refractivity contribution >= 4 is 11.6 Å². The van der Waals surface area contributed by atoms with Crippen molar-refractivity contribution < 1.29 is 35.1 Å². The molecule has 4 aromatic carbocycles. The number of aromatic hydroxyl groups is 5. The van der Waals surface area contributed by atoms with E-state index in [2.05, 4.69) is 0 Å². The number of hydrogen-bond donors (Lipinski definition) is 5. The Morgan fingerprint density at radius 2 is 0.909 bits per heavy atom. The van der Waals surface area contributed by atoms with Gasteiger partial charge in [-0.05, 0) is 36.4 Å². The Labute approximate surface area is 189 Å². The number of hydrogen-bond acceptors (Lipinski definition) is 7. The highest BCUT2D eigenvalue weighted by Crippen LogP contribution is 2.29. The molecule has 0 amide bonds. The predicted octanol–water partition coefficient (Wildman–Crippen LogP) is 4.36. The summed E-state index contributed by atoms with van der Waals surface area (Å²) in [5, 5.41) is 46.9. The van der Waals surface area contributed by atoms with Crippen LogP contribution in [0.15, 0.2) is 91.0 Å². The highest BCUT2D eigenvalue weighted by atomic mass is 16.3. The van der Waals surface area contributed by atoms with Crippen LogP contribution in [0.4, 0.5) is 0 Å². The molecule has 0 saturated carbocycles. The van der Waals surface area contributed by atoms with Gasteiger partial charge < -0.3 is 25.5 Å². The van der Waals surface area contributed by atoms with Crippen LogP contribution in [0, 0.1) is 0 Å². The summed E-state index contributed by atoms with van der Waals surface area (Å²) in [6.45, 7) is 0. The average Bonchev–Trinajstić information content (AvgIpc) is 2.80. The summed E-state index contributed by atoms with van der Waals surface area (Å²) in [4.78, 5) is 23.9. The van der Waals surface area contributed by atoms with Crippen LogP contribution in [0.5, 0.6) is 28.7 Å². The van der Waals surface area contributed by atoms with Gasteiger partial charge in [0, 0.05) is 17.7 Å². The Balaban J connectivity index is 0.000000189. The standard InChI is InChI=1S/C13H10O5.C13H10O2/c14-7-1-3-9(11(16)5-7)13(18)10-4-2-8(15)6-12(10)17;14-12-9-5-4-8-11(12)13(15)10-6-2-1-3-7-10/h1-6,14-17H;1-9,14H. The van der Waals surface area contributed by atoms with Gasteiger partial charge in [-0.3, -0.25) is 9.59 Å². The predicted molar refractivity (Wildman–Crippen MR) is 121 cm³/mol. The highest BCUT2D eigenvalue weighted by molar-refractivity contribution is 6.12.